The summed E-state index contributed by atoms with van der Waals surface area (Å²) in [7, 11) is -2.00. The van der Waals surface area contributed by atoms with Gasteiger partial charge in [0.25, 0.3) is 0 Å². The number of hydrogen-bond acceptors (Lipinski definition) is 3. The van der Waals surface area contributed by atoms with E-state index in [4.69, 9.17) is 16.3 Å². The summed E-state index contributed by atoms with van der Waals surface area (Å²) in [6.07, 6.45) is 0.734. The fourth-order valence-electron chi connectivity index (χ4n) is 1.74. The fraction of sp³-hybridized carbons (Fsp3) is 0.538. The smallest absolute Gasteiger partial charge is 0.243 e. The molecule has 0 saturated carbocycles. The molecule has 0 fully saturated rings. The lowest BCUT2D eigenvalue weighted by Crippen LogP contribution is -2.40. The Morgan fingerprint density at radius 1 is 1.45 bits per heavy atom. The zero-order chi connectivity index (χ0) is 15.3. The first kappa shape index (κ1) is 17.9. The molecule has 0 N–H and O–H groups in total. The first-order valence-electron chi connectivity index (χ1n) is 6.30. The molecule has 0 radical (unpaired) electrons. The van der Waals surface area contributed by atoms with Crippen LogP contribution in [0.15, 0.2) is 27.6 Å². The Labute approximate surface area is 134 Å². The van der Waals surface area contributed by atoms with Crippen LogP contribution in [-0.2, 0) is 14.8 Å². The minimum absolute atomic E-state index is 0.0930. The van der Waals surface area contributed by atoms with Crippen LogP contribution in [0.3, 0.4) is 0 Å². The molecule has 1 atom stereocenters. The average Bonchev–Trinajstić information content (AvgIpc) is 2.41. The normalized spacial score (nSPS) is 13.7. The highest BCUT2D eigenvalue weighted by atomic mass is 79.9. The summed E-state index contributed by atoms with van der Waals surface area (Å²) < 4.78 is 32.5. The monoisotopic (exact) mass is 383 g/mol. The maximum absolute atomic E-state index is 12.7. The van der Waals surface area contributed by atoms with Crippen LogP contribution in [0.25, 0.3) is 0 Å². The van der Waals surface area contributed by atoms with Crippen molar-refractivity contribution in [1.82, 2.24) is 4.31 Å². The largest absolute Gasteiger partial charge is 0.383 e. The lowest BCUT2D eigenvalue weighted by Gasteiger charge is -2.27. The Balaban J connectivity index is 3.17. The van der Waals surface area contributed by atoms with E-state index < -0.39 is 10.0 Å². The molecule has 1 aromatic carbocycles. The van der Waals surface area contributed by atoms with Crippen LogP contribution in [0, 0.1) is 0 Å². The highest BCUT2D eigenvalue weighted by molar-refractivity contribution is 9.10. The molecular weight excluding hydrogens is 366 g/mol. The average molecular weight is 385 g/mol. The Morgan fingerprint density at radius 2 is 2.10 bits per heavy atom. The van der Waals surface area contributed by atoms with Crippen molar-refractivity contribution < 1.29 is 13.2 Å². The third-order valence-electron chi connectivity index (χ3n) is 3.10. The molecule has 20 heavy (non-hydrogen) atoms. The van der Waals surface area contributed by atoms with Crippen LogP contribution < -0.4 is 0 Å². The number of methoxy groups -OCH3 is 1. The van der Waals surface area contributed by atoms with E-state index in [2.05, 4.69) is 15.9 Å². The summed E-state index contributed by atoms with van der Waals surface area (Å²) in [5, 5.41) is 0.482. The minimum atomic E-state index is -3.56. The zero-order valence-corrected chi connectivity index (χ0v) is 14.9. The third-order valence-corrected chi connectivity index (χ3v) is 6.32. The molecule has 0 aliphatic heterocycles. The van der Waals surface area contributed by atoms with E-state index in [0.717, 1.165) is 6.42 Å². The highest BCUT2D eigenvalue weighted by Gasteiger charge is 2.28. The van der Waals surface area contributed by atoms with Gasteiger partial charge in [0.1, 0.15) is 0 Å². The van der Waals surface area contributed by atoms with Gasteiger partial charge in [-0.15, -0.1) is 0 Å². The molecule has 0 aromatic heterocycles. The van der Waals surface area contributed by atoms with Gasteiger partial charge in [0.15, 0.2) is 0 Å². The van der Waals surface area contributed by atoms with E-state index in [9.17, 15) is 8.42 Å². The summed E-state index contributed by atoms with van der Waals surface area (Å²) in [5.74, 6) is 0. The molecular formula is C13H19BrClNO3S. The van der Waals surface area contributed by atoms with Crippen molar-refractivity contribution in [3.05, 3.63) is 27.7 Å². The van der Waals surface area contributed by atoms with Gasteiger partial charge in [-0.3, -0.25) is 0 Å². The van der Waals surface area contributed by atoms with E-state index in [1.54, 1.807) is 13.2 Å². The predicted molar refractivity (Wildman–Crippen MR) is 84.7 cm³/mol. The first-order chi connectivity index (χ1) is 9.34. The maximum atomic E-state index is 12.7. The van der Waals surface area contributed by atoms with Crippen LogP contribution in [0.1, 0.15) is 20.3 Å². The molecule has 7 heteroatoms. The van der Waals surface area contributed by atoms with Crippen LogP contribution in [0.2, 0.25) is 5.02 Å². The SMILES string of the molecule is CCC(C)N(CCOC)S(=O)(=O)c1ccc(Cl)c(Br)c1. The number of hydrogen-bond donors (Lipinski definition) is 0. The van der Waals surface area contributed by atoms with Gasteiger partial charge in [0.2, 0.25) is 10.0 Å². The number of sulfonamides is 1. The van der Waals surface area contributed by atoms with E-state index in [1.165, 1.54) is 16.4 Å². The quantitative estimate of drug-likeness (QED) is 0.722. The Morgan fingerprint density at radius 3 is 2.60 bits per heavy atom. The fourth-order valence-corrected chi connectivity index (χ4v) is 4.10. The van der Waals surface area contributed by atoms with Crippen LogP contribution in [0.5, 0.6) is 0 Å². The van der Waals surface area contributed by atoms with Crippen molar-refractivity contribution in [2.45, 2.75) is 31.2 Å². The molecule has 0 aliphatic rings. The van der Waals surface area contributed by atoms with Crippen molar-refractivity contribution in [1.29, 1.82) is 0 Å². The minimum Gasteiger partial charge on any atom is -0.383 e. The lowest BCUT2D eigenvalue weighted by molar-refractivity contribution is 0.167. The van der Waals surface area contributed by atoms with Gasteiger partial charge in [0.05, 0.1) is 16.5 Å². The van der Waals surface area contributed by atoms with Gasteiger partial charge in [-0.05, 0) is 47.5 Å². The molecule has 1 unspecified atom stereocenters. The van der Waals surface area contributed by atoms with Crippen molar-refractivity contribution in [3.63, 3.8) is 0 Å². The first-order valence-corrected chi connectivity index (χ1v) is 8.91. The van der Waals surface area contributed by atoms with Gasteiger partial charge in [-0.1, -0.05) is 18.5 Å². The van der Waals surface area contributed by atoms with Gasteiger partial charge < -0.3 is 4.74 Å². The van der Waals surface area contributed by atoms with Crippen LogP contribution in [-0.4, -0.2) is 39.0 Å². The molecule has 0 saturated heterocycles. The van der Waals surface area contributed by atoms with E-state index in [-0.39, 0.29) is 10.9 Å². The standard InChI is InChI=1S/C13H19BrClNO3S/c1-4-10(2)16(7-8-19-3)20(17,18)11-5-6-13(15)12(14)9-11/h5-6,9-10H,4,7-8H2,1-3H3. The summed E-state index contributed by atoms with van der Waals surface area (Å²) in [4.78, 5) is 0.227. The number of rotatable bonds is 7. The molecule has 1 aromatic rings. The zero-order valence-electron chi connectivity index (χ0n) is 11.8. The Bertz CT molecular complexity index is 551. The molecule has 0 heterocycles. The molecule has 0 aliphatic carbocycles. The number of ether oxygens (including phenoxy) is 1. The summed E-state index contributed by atoms with van der Waals surface area (Å²) in [6.45, 7) is 4.53. The number of nitrogens with zero attached hydrogens (tertiary/aromatic N) is 1. The van der Waals surface area contributed by atoms with Gasteiger partial charge in [-0.25, -0.2) is 8.42 Å². The molecule has 114 valence electrons. The predicted octanol–water partition coefficient (Wildman–Crippen LogP) is 3.54. The van der Waals surface area contributed by atoms with E-state index in [0.29, 0.717) is 22.6 Å². The van der Waals surface area contributed by atoms with E-state index >= 15 is 0 Å². The van der Waals surface area contributed by atoms with Crippen molar-refractivity contribution in [3.8, 4) is 0 Å². The van der Waals surface area contributed by atoms with Gasteiger partial charge in [-0.2, -0.15) is 4.31 Å². The molecule has 0 spiro atoms. The van der Waals surface area contributed by atoms with Crippen molar-refractivity contribution >= 4 is 37.6 Å². The van der Waals surface area contributed by atoms with Gasteiger partial charge >= 0.3 is 0 Å². The Hall–Kier alpha value is -0.140. The summed E-state index contributed by atoms with van der Waals surface area (Å²) >= 11 is 9.16. The molecule has 0 amide bonds. The summed E-state index contributed by atoms with van der Waals surface area (Å²) in [5.41, 5.74) is 0. The second kappa shape index (κ2) is 7.75. The van der Waals surface area contributed by atoms with Crippen LogP contribution in [0.4, 0.5) is 0 Å². The van der Waals surface area contributed by atoms with Crippen molar-refractivity contribution in [2.24, 2.45) is 0 Å². The van der Waals surface area contributed by atoms with E-state index in [1.807, 2.05) is 13.8 Å². The Kier molecular flexibility index (Phi) is 6.94. The second-order valence-corrected chi connectivity index (χ2v) is 7.59. The van der Waals surface area contributed by atoms with Crippen molar-refractivity contribution in [2.75, 3.05) is 20.3 Å². The number of benzene rings is 1. The second-order valence-electron chi connectivity index (χ2n) is 4.44. The van der Waals surface area contributed by atoms with Gasteiger partial charge in [0, 0.05) is 24.2 Å². The molecule has 0 bridgehead atoms. The summed E-state index contributed by atoms with van der Waals surface area (Å²) in [6, 6.07) is 4.53. The highest BCUT2D eigenvalue weighted by Crippen LogP contribution is 2.27. The number of halogens is 2. The topological polar surface area (TPSA) is 46.6 Å². The van der Waals surface area contributed by atoms with Crippen LogP contribution >= 0.6 is 27.5 Å². The maximum Gasteiger partial charge on any atom is 0.243 e. The molecule has 1 rings (SSSR count). The third kappa shape index (κ3) is 4.18. The lowest BCUT2D eigenvalue weighted by atomic mass is 10.3. The molecule has 4 nitrogen and oxygen atoms in total.